The van der Waals surface area contributed by atoms with E-state index in [-0.39, 0.29) is 17.8 Å². The summed E-state index contributed by atoms with van der Waals surface area (Å²) in [5.74, 6) is 1.63. The lowest BCUT2D eigenvalue weighted by molar-refractivity contribution is 0.328. The van der Waals surface area contributed by atoms with Gasteiger partial charge >= 0.3 is 0 Å². The van der Waals surface area contributed by atoms with Crippen LogP contribution in [0.15, 0.2) is 39.4 Å². The highest BCUT2D eigenvalue weighted by Gasteiger charge is 2.22. The van der Waals surface area contributed by atoms with E-state index in [4.69, 9.17) is 14.8 Å². The maximum atomic E-state index is 5.59. The Morgan fingerprint density at radius 3 is 2.30 bits per heavy atom. The number of rotatable bonds is 3. The van der Waals surface area contributed by atoms with Crippen molar-refractivity contribution in [3.63, 3.8) is 0 Å². The molecular formula is C16H19ClN4O2. The van der Waals surface area contributed by atoms with E-state index in [0.29, 0.717) is 24.0 Å². The van der Waals surface area contributed by atoms with Crippen LogP contribution in [-0.4, -0.2) is 15.3 Å². The molecule has 122 valence electrons. The second-order valence-corrected chi connectivity index (χ2v) is 6.15. The van der Waals surface area contributed by atoms with E-state index in [9.17, 15) is 0 Å². The van der Waals surface area contributed by atoms with Crippen LogP contribution < -0.4 is 5.73 Å². The Morgan fingerprint density at radius 2 is 1.74 bits per heavy atom. The van der Waals surface area contributed by atoms with Gasteiger partial charge in [-0.25, -0.2) is 0 Å². The molecule has 6 nitrogen and oxygen atoms in total. The van der Waals surface area contributed by atoms with Crippen LogP contribution in [0.2, 0.25) is 0 Å². The van der Waals surface area contributed by atoms with Crippen LogP contribution in [0.1, 0.15) is 32.1 Å². The molecule has 3 rings (SSSR count). The molecule has 1 aromatic carbocycles. The van der Waals surface area contributed by atoms with Crippen LogP contribution in [-0.2, 0) is 12.0 Å². The van der Waals surface area contributed by atoms with Crippen LogP contribution in [0.4, 0.5) is 0 Å². The van der Waals surface area contributed by atoms with Gasteiger partial charge in [-0.3, -0.25) is 0 Å². The molecule has 2 heterocycles. The third-order valence-electron chi connectivity index (χ3n) is 3.34. The zero-order chi connectivity index (χ0) is 15.7. The van der Waals surface area contributed by atoms with Gasteiger partial charge in [-0.05, 0) is 5.56 Å². The minimum Gasteiger partial charge on any atom is -0.360 e. The van der Waals surface area contributed by atoms with Crippen molar-refractivity contribution >= 4 is 12.4 Å². The first-order valence-corrected chi connectivity index (χ1v) is 7.08. The van der Waals surface area contributed by atoms with Crippen LogP contribution in [0, 0.1) is 0 Å². The minimum absolute atomic E-state index is 0. The molecule has 0 aliphatic carbocycles. The zero-order valence-corrected chi connectivity index (χ0v) is 14.1. The Balaban J connectivity index is 0.00000192. The average Bonchev–Trinajstić information content (AvgIpc) is 3.15. The highest BCUT2D eigenvalue weighted by molar-refractivity contribution is 5.85. The van der Waals surface area contributed by atoms with E-state index in [2.05, 4.69) is 36.1 Å². The maximum Gasteiger partial charge on any atom is 0.280 e. The second-order valence-electron chi connectivity index (χ2n) is 6.15. The van der Waals surface area contributed by atoms with E-state index in [0.717, 1.165) is 16.9 Å². The van der Waals surface area contributed by atoms with E-state index < -0.39 is 0 Å². The van der Waals surface area contributed by atoms with Crippen molar-refractivity contribution in [3.8, 4) is 23.0 Å². The predicted molar refractivity (Wildman–Crippen MR) is 89.1 cm³/mol. The van der Waals surface area contributed by atoms with Crippen LogP contribution in [0.5, 0.6) is 0 Å². The fraction of sp³-hybridized carbons (Fsp3) is 0.312. The van der Waals surface area contributed by atoms with E-state index in [1.54, 1.807) is 0 Å². The number of nitrogens with two attached hydrogens (primary N) is 1. The molecule has 0 bridgehead atoms. The smallest absolute Gasteiger partial charge is 0.280 e. The number of hydrogen-bond donors (Lipinski definition) is 1. The van der Waals surface area contributed by atoms with Gasteiger partial charge in [0.15, 0.2) is 5.69 Å². The standard InChI is InChI=1S/C16H18N4O2.ClH/c1-16(2,3)13-8-12(19-21-13)15-18-14(20-22-15)11-6-4-10(9-17)5-7-11;/h4-8H,9,17H2,1-3H3;1H. The second kappa shape index (κ2) is 6.52. The summed E-state index contributed by atoms with van der Waals surface area (Å²) in [4.78, 5) is 4.37. The zero-order valence-electron chi connectivity index (χ0n) is 13.2. The van der Waals surface area contributed by atoms with Crippen molar-refractivity contribution in [2.75, 3.05) is 0 Å². The molecule has 0 atom stereocenters. The van der Waals surface area contributed by atoms with Crippen molar-refractivity contribution in [2.24, 2.45) is 5.73 Å². The first-order valence-electron chi connectivity index (χ1n) is 7.08. The fourth-order valence-corrected chi connectivity index (χ4v) is 1.96. The molecule has 0 aliphatic rings. The summed E-state index contributed by atoms with van der Waals surface area (Å²) in [6, 6.07) is 9.55. The summed E-state index contributed by atoms with van der Waals surface area (Å²) in [5, 5.41) is 7.99. The normalized spacial score (nSPS) is 11.3. The summed E-state index contributed by atoms with van der Waals surface area (Å²) in [5.41, 5.74) is 7.93. The SMILES string of the molecule is CC(C)(C)c1cc(-c2nc(-c3ccc(CN)cc3)no2)no1.Cl. The number of hydrogen-bond acceptors (Lipinski definition) is 6. The Bertz CT molecular complexity index is 772. The van der Waals surface area contributed by atoms with Gasteiger partial charge in [0.25, 0.3) is 5.89 Å². The van der Waals surface area contributed by atoms with Crippen molar-refractivity contribution in [3.05, 3.63) is 41.7 Å². The summed E-state index contributed by atoms with van der Waals surface area (Å²) >= 11 is 0. The van der Waals surface area contributed by atoms with Crippen molar-refractivity contribution in [2.45, 2.75) is 32.7 Å². The number of nitrogens with zero attached hydrogens (tertiary/aromatic N) is 3. The van der Waals surface area contributed by atoms with Crippen molar-refractivity contribution in [1.82, 2.24) is 15.3 Å². The summed E-state index contributed by atoms with van der Waals surface area (Å²) in [6.07, 6.45) is 0. The summed E-state index contributed by atoms with van der Waals surface area (Å²) < 4.78 is 10.6. The third kappa shape index (κ3) is 3.60. The molecular weight excluding hydrogens is 316 g/mol. The molecule has 0 aliphatic heterocycles. The van der Waals surface area contributed by atoms with Crippen LogP contribution >= 0.6 is 12.4 Å². The Morgan fingerprint density at radius 1 is 1.04 bits per heavy atom. The van der Waals surface area contributed by atoms with Gasteiger partial charge in [-0.15, -0.1) is 12.4 Å². The average molecular weight is 335 g/mol. The molecule has 7 heteroatoms. The fourth-order valence-electron chi connectivity index (χ4n) is 1.96. The van der Waals surface area contributed by atoms with Crippen molar-refractivity contribution in [1.29, 1.82) is 0 Å². The lowest BCUT2D eigenvalue weighted by Crippen LogP contribution is -2.09. The molecule has 0 saturated carbocycles. The van der Waals surface area contributed by atoms with E-state index in [1.807, 2.05) is 30.3 Å². The molecule has 23 heavy (non-hydrogen) atoms. The first kappa shape index (κ1) is 17.2. The van der Waals surface area contributed by atoms with Crippen molar-refractivity contribution < 1.29 is 9.05 Å². The number of benzene rings is 1. The van der Waals surface area contributed by atoms with Gasteiger partial charge in [0.05, 0.1) is 0 Å². The molecule has 0 unspecified atom stereocenters. The predicted octanol–water partition coefficient (Wildman–Crippen LogP) is 3.57. The number of aromatic nitrogens is 3. The van der Waals surface area contributed by atoms with Gasteiger partial charge in [0.1, 0.15) is 5.76 Å². The Labute approximate surface area is 140 Å². The molecule has 2 aromatic heterocycles. The molecule has 0 saturated heterocycles. The first-order chi connectivity index (χ1) is 10.5. The topological polar surface area (TPSA) is 91.0 Å². The van der Waals surface area contributed by atoms with E-state index >= 15 is 0 Å². The highest BCUT2D eigenvalue weighted by Crippen LogP contribution is 2.27. The lowest BCUT2D eigenvalue weighted by atomic mass is 9.93. The van der Waals surface area contributed by atoms with Gasteiger partial charge in [0, 0.05) is 23.6 Å². The Kier molecular flexibility index (Phi) is 4.87. The summed E-state index contributed by atoms with van der Waals surface area (Å²) in [6.45, 7) is 6.66. The lowest BCUT2D eigenvalue weighted by Gasteiger charge is -2.11. The Hall–Kier alpha value is -2.18. The third-order valence-corrected chi connectivity index (χ3v) is 3.34. The van der Waals surface area contributed by atoms with Crippen LogP contribution in [0.3, 0.4) is 0 Å². The maximum absolute atomic E-state index is 5.59. The summed E-state index contributed by atoms with van der Waals surface area (Å²) in [7, 11) is 0. The van der Waals surface area contributed by atoms with Gasteiger partial charge < -0.3 is 14.8 Å². The number of halogens is 1. The molecule has 0 amide bonds. The molecule has 0 spiro atoms. The van der Waals surface area contributed by atoms with Gasteiger partial charge in [0.2, 0.25) is 5.82 Å². The van der Waals surface area contributed by atoms with Crippen LogP contribution in [0.25, 0.3) is 23.0 Å². The molecule has 2 N–H and O–H groups in total. The van der Waals surface area contributed by atoms with E-state index in [1.165, 1.54) is 0 Å². The quantitative estimate of drug-likeness (QED) is 0.787. The minimum atomic E-state index is -0.119. The largest absolute Gasteiger partial charge is 0.360 e. The highest BCUT2D eigenvalue weighted by atomic mass is 35.5. The molecule has 0 radical (unpaired) electrons. The monoisotopic (exact) mass is 334 g/mol. The van der Waals surface area contributed by atoms with Gasteiger partial charge in [-0.1, -0.05) is 55.4 Å². The molecule has 3 aromatic rings. The van der Waals surface area contributed by atoms with Gasteiger partial charge in [-0.2, -0.15) is 4.98 Å². The molecule has 0 fully saturated rings.